The molecule has 0 saturated carbocycles. The van der Waals surface area contributed by atoms with Gasteiger partial charge in [0.05, 0.1) is 18.1 Å². The lowest BCUT2D eigenvalue weighted by molar-refractivity contribution is 0.751. The molecule has 0 unspecified atom stereocenters. The number of nitrogens with zero attached hydrogens (tertiary/aromatic N) is 7. The second kappa shape index (κ2) is 6.61. The summed E-state index contributed by atoms with van der Waals surface area (Å²) in [7, 11) is 1.90. The van der Waals surface area contributed by atoms with E-state index in [1.807, 2.05) is 48.4 Å². The molecule has 0 aromatic carbocycles. The Morgan fingerprint density at radius 2 is 2.11 bits per heavy atom. The Morgan fingerprint density at radius 1 is 1.18 bits per heavy atom. The van der Waals surface area contributed by atoms with E-state index in [4.69, 9.17) is 5.73 Å². The third-order valence-corrected chi connectivity index (χ3v) is 4.99. The zero-order valence-corrected chi connectivity index (χ0v) is 15.5. The van der Waals surface area contributed by atoms with Gasteiger partial charge >= 0.3 is 0 Å². The van der Waals surface area contributed by atoms with Crippen molar-refractivity contribution in [1.29, 1.82) is 0 Å². The van der Waals surface area contributed by atoms with Crippen LogP contribution in [0.25, 0.3) is 16.9 Å². The van der Waals surface area contributed by atoms with Crippen molar-refractivity contribution in [2.24, 2.45) is 12.8 Å². The van der Waals surface area contributed by atoms with Crippen LogP contribution >= 0.6 is 0 Å². The molecule has 142 valence electrons. The van der Waals surface area contributed by atoms with Crippen molar-refractivity contribution in [3.05, 3.63) is 49.3 Å². The van der Waals surface area contributed by atoms with Crippen molar-refractivity contribution >= 4 is 23.0 Å². The molecule has 5 heterocycles. The van der Waals surface area contributed by atoms with Crippen LogP contribution in [-0.4, -0.2) is 48.3 Å². The minimum absolute atomic E-state index is 0.213. The summed E-state index contributed by atoms with van der Waals surface area (Å²) in [4.78, 5) is 15.7. The van der Waals surface area contributed by atoms with E-state index in [0.717, 1.165) is 47.9 Å². The van der Waals surface area contributed by atoms with Crippen LogP contribution in [0, 0.1) is 0 Å². The molecule has 1 atom stereocenters. The molecule has 0 amide bonds. The molecule has 1 saturated heterocycles. The fourth-order valence-electron chi connectivity index (χ4n) is 3.58. The van der Waals surface area contributed by atoms with E-state index in [9.17, 15) is 0 Å². The van der Waals surface area contributed by atoms with E-state index in [2.05, 4.69) is 30.3 Å². The van der Waals surface area contributed by atoms with E-state index in [-0.39, 0.29) is 6.04 Å². The van der Waals surface area contributed by atoms with Crippen molar-refractivity contribution in [1.82, 2.24) is 29.1 Å². The van der Waals surface area contributed by atoms with Crippen LogP contribution in [0.2, 0.25) is 0 Å². The van der Waals surface area contributed by atoms with Gasteiger partial charge in [0.25, 0.3) is 0 Å². The molecule has 3 N–H and O–H groups in total. The minimum Gasteiger partial charge on any atom is -0.355 e. The monoisotopic (exact) mass is 375 g/mol. The van der Waals surface area contributed by atoms with E-state index in [0.29, 0.717) is 5.82 Å². The summed E-state index contributed by atoms with van der Waals surface area (Å²) in [5, 5.41) is 7.62. The maximum Gasteiger partial charge on any atom is 0.180 e. The first-order valence-electron chi connectivity index (χ1n) is 9.22. The number of nitrogens with one attached hydrogen (secondary N) is 1. The number of nitrogens with two attached hydrogens (primary N) is 1. The van der Waals surface area contributed by atoms with Crippen LogP contribution in [0.4, 0.5) is 17.3 Å². The van der Waals surface area contributed by atoms with Gasteiger partial charge in [-0.15, -0.1) is 0 Å². The Balaban J connectivity index is 1.47. The highest BCUT2D eigenvalue weighted by molar-refractivity contribution is 5.74. The lowest BCUT2D eigenvalue weighted by atomic mass is 10.3. The molecule has 4 aromatic heterocycles. The highest BCUT2D eigenvalue weighted by Gasteiger charge is 2.20. The van der Waals surface area contributed by atoms with Gasteiger partial charge in [-0.2, -0.15) is 5.10 Å². The highest BCUT2D eigenvalue weighted by atomic mass is 15.2. The maximum absolute atomic E-state index is 6.03. The molecule has 0 radical (unpaired) electrons. The van der Waals surface area contributed by atoms with E-state index in [1.165, 1.54) is 0 Å². The first-order chi connectivity index (χ1) is 13.7. The summed E-state index contributed by atoms with van der Waals surface area (Å²) >= 11 is 0. The largest absolute Gasteiger partial charge is 0.355 e. The van der Waals surface area contributed by atoms with Crippen molar-refractivity contribution < 1.29 is 0 Å². The van der Waals surface area contributed by atoms with Gasteiger partial charge in [-0.1, -0.05) is 0 Å². The molecular weight excluding hydrogens is 354 g/mol. The van der Waals surface area contributed by atoms with Gasteiger partial charge in [-0.25, -0.2) is 15.0 Å². The smallest absolute Gasteiger partial charge is 0.180 e. The SMILES string of the molecule is Cn1cc(-c2cnc3c(Nc4ccnc(N5CC[C@@H](N)C5)c4)nccn23)cn1. The number of anilines is 3. The second-order valence-corrected chi connectivity index (χ2v) is 7.04. The standard InChI is InChI=1S/C19H21N9/c1-26-11-13(9-24-26)16-10-23-19-18(22-5-7-28(16)19)25-15-2-4-21-17(8-15)27-6-3-14(20)12-27/h2,4-5,7-11,14H,3,6,12,20H2,1H3,(H,21,22,25)/t14-/m1/s1. The predicted octanol–water partition coefficient (Wildman–Crippen LogP) is 1.81. The number of imidazole rings is 1. The Kier molecular flexibility index (Phi) is 3.94. The number of rotatable bonds is 4. The Morgan fingerprint density at radius 3 is 2.89 bits per heavy atom. The van der Waals surface area contributed by atoms with Gasteiger partial charge in [0.2, 0.25) is 0 Å². The van der Waals surface area contributed by atoms with Crippen LogP contribution in [0.15, 0.2) is 49.3 Å². The van der Waals surface area contributed by atoms with Gasteiger partial charge in [-0.3, -0.25) is 9.08 Å². The molecule has 0 spiro atoms. The van der Waals surface area contributed by atoms with Gasteiger partial charge in [-0.05, 0) is 12.5 Å². The zero-order chi connectivity index (χ0) is 19.1. The molecule has 0 bridgehead atoms. The average Bonchev–Trinajstić information content (AvgIpc) is 3.42. The summed E-state index contributed by atoms with van der Waals surface area (Å²) in [5.74, 6) is 1.61. The summed E-state index contributed by atoms with van der Waals surface area (Å²) in [6, 6.07) is 4.16. The number of pyridine rings is 1. The van der Waals surface area contributed by atoms with Crippen molar-refractivity contribution in [2.45, 2.75) is 12.5 Å². The first kappa shape index (κ1) is 16.7. The van der Waals surface area contributed by atoms with Gasteiger partial charge in [0.15, 0.2) is 11.5 Å². The number of hydrogen-bond donors (Lipinski definition) is 2. The third kappa shape index (κ3) is 2.95. The van der Waals surface area contributed by atoms with Crippen LogP contribution in [-0.2, 0) is 7.05 Å². The van der Waals surface area contributed by atoms with Crippen LogP contribution in [0.1, 0.15) is 6.42 Å². The molecule has 9 nitrogen and oxygen atoms in total. The number of fused-ring (bicyclic) bond motifs is 1. The molecular formula is C19H21N9. The molecule has 1 aliphatic heterocycles. The van der Waals surface area contributed by atoms with Crippen LogP contribution < -0.4 is 16.0 Å². The van der Waals surface area contributed by atoms with Crippen molar-refractivity contribution in [3.8, 4) is 11.3 Å². The zero-order valence-electron chi connectivity index (χ0n) is 15.5. The summed E-state index contributed by atoms with van der Waals surface area (Å²) < 4.78 is 3.78. The molecule has 4 aromatic rings. The summed E-state index contributed by atoms with van der Waals surface area (Å²) in [6.45, 7) is 1.76. The summed E-state index contributed by atoms with van der Waals surface area (Å²) in [5.41, 5.74) is 9.66. The van der Waals surface area contributed by atoms with Gasteiger partial charge < -0.3 is 16.0 Å². The van der Waals surface area contributed by atoms with E-state index < -0.39 is 0 Å². The van der Waals surface area contributed by atoms with Crippen LogP contribution in [0.3, 0.4) is 0 Å². The Labute approximate surface area is 161 Å². The fraction of sp³-hybridized carbons (Fsp3) is 0.263. The summed E-state index contributed by atoms with van der Waals surface area (Å²) in [6.07, 6.45) is 12.1. The lowest BCUT2D eigenvalue weighted by Gasteiger charge is -2.17. The number of aromatic nitrogens is 6. The van der Waals surface area contributed by atoms with Gasteiger partial charge in [0.1, 0.15) is 5.82 Å². The molecule has 1 aliphatic rings. The predicted molar refractivity (Wildman–Crippen MR) is 108 cm³/mol. The lowest BCUT2D eigenvalue weighted by Crippen LogP contribution is -2.26. The third-order valence-electron chi connectivity index (χ3n) is 4.99. The average molecular weight is 375 g/mol. The van der Waals surface area contributed by atoms with Crippen molar-refractivity contribution in [3.63, 3.8) is 0 Å². The maximum atomic E-state index is 6.03. The topological polar surface area (TPSA) is 102 Å². The second-order valence-electron chi connectivity index (χ2n) is 7.04. The normalized spacial score (nSPS) is 16.8. The highest BCUT2D eigenvalue weighted by Crippen LogP contribution is 2.26. The van der Waals surface area contributed by atoms with Gasteiger partial charge in [0, 0.05) is 68.3 Å². The first-order valence-corrected chi connectivity index (χ1v) is 9.22. The number of hydrogen-bond acceptors (Lipinski definition) is 7. The van der Waals surface area contributed by atoms with E-state index >= 15 is 0 Å². The Bertz CT molecular complexity index is 1130. The Hall–Kier alpha value is -3.46. The molecule has 9 heteroatoms. The molecule has 1 fully saturated rings. The number of aryl methyl sites for hydroxylation is 1. The van der Waals surface area contributed by atoms with Crippen LogP contribution in [0.5, 0.6) is 0 Å². The molecule has 5 rings (SSSR count). The minimum atomic E-state index is 0.213. The van der Waals surface area contributed by atoms with Crippen molar-refractivity contribution in [2.75, 3.05) is 23.3 Å². The molecule has 0 aliphatic carbocycles. The molecule has 28 heavy (non-hydrogen) atoms. The fourth-order valence-corrected chi connectivity index (χ4v) is 3.58. The van der Waals surface area contributed by atoms with E-state index in [1.54, 1.807) is 17.1 Å². The quantitative estimate of drug-likeness (QED) is 0.561.